The Morgan fingerprint density at radius 2 is 2.10 bits per heavy atom. The summed E-state index contributed by atoms with van der Waals surface area (Å²) in [5.74, 6) is 1.65. The maximum Gasteiger partial charge on any atom is 0.244 e. The van der Waals surface area contributed by atoms with E-state index in [1.165, 1.54) is 16.4 Å². The van der Waals surface area contributed by atoms with Crippen molar-refractivity contribution >= 4 is 56.6 Å². The van der Waals surface area contributed by atoms with Crippen LogP contribution in [0.15, 0.2) is 17.0 Å². The van der Waals surface area contributed by atoms with Gasteiger partial charge in [0, 0.05) is 34.7 Å². The predicted octanol–water partition coefficient (Wildman–Crippen LogP) is 3.86. The van der Waals surface area contributed by atoms with E-state index in [2.05, 4.69) is 0 Å². The Kier molecular flexibility index (Phi) is 5.54. The molecule has 1 aliphatic rings. The minimum atomic E-state index is -3.62. The first-order valence-corrected chi connectivity index (χ1v) is 9.90. The van der Waals surface area contributed by atoms with Gasteiger partial charge >= 0.3 is 0 Å². The number of hydrogen-bond acceptors (Lipinski definition) is 3. The molecule has 0 spiro atoms. The van der Waals surface area contributed by atoms with E-state index in [1.54, 1.807) is 11.8 Å². The Bertz CT molecular complexity index is 607. The average molecular weight is 375 g/mol. The summed E-state index contributed by atoms with van der Waals surface area (Å²) in [6, 6.07) is 2.93. The molecule has 20 heavy (non-hydrogen) atoms. The molecule has 1 aromatic rings. The second-order valence-electron chi connectivity index (χ2n) is 4.51. The molecule has 1 saturated heterocycles. The summed E-state index contributed by atoms with van der Waals surface area (Å²) >= 11 is 19.7. The van der Waals surface area contributed by atoms with Gasteiger partial charge in [0.1, 0.15) is 4.90 Å². The highest BCUT2D eigenvalue weighted by molar-refractivity contribution is 7.99. The van der Waals surface area contributed by atoms with Gasteiger partial charge in [-0.1, -0.05) is 23.2 Å². The molecule has 0 amide bonds. The molecule has 0 aliphatic carbocycles. The van der Waals surface area contributed by atoms with Gasteiger partial charge in [0.05, 0.1) is 10.9 Å². The summed E-state index contributed by atoms with van der Waals surface area (Å²) in [5, 5.41) is 0.504. The number of nitrogens with zero attached hydrogens (tertiary/aromatic N) is 1. The number of halogens is 3. The fourth-order valence-electron chi connectivity index (χ4n) is 2.09. The quantitative estimate of drug-likeness (QED) is 0.754. The van der Waals surface area contributed by atoms with Gasteiger partial charge in [-0.3, -0.25) is 0 Å². The summed E-state index contributed by atoms with van der Waals surface area (Å²) < 4.78 is 27.0. The number of benzene rings is 1. The van der Waals surface area contributed by atoms with E-state index >= 15 is 0 Å². The Morgan fingerprint density at radius 1 is 1.40 bits per heavy atom. The monoisotopic (exact) mass is 373 g/mol. The summed E-state index contributed by atoms with van der Waals surface area (Å²) in [7, 11) is -3.62. The molecule has 8 heteroatoms. The topological polar surface area (TPSA) is 37.4 Å². The zero-order chi connectivity index (χ0) is 14.9. The predicted molar refractivity (Wildman–Crippen MR) is 86.7 cm³/mol. The third kappa shape index (κ3) is 3.08. The van der Waals surface area contributed by atoms with Crippen LogP contribution in [0.4, 0.5) is 0 Å². The van der Waals surface area contributed by atoms with Crippen LogP contribution in [0, 0.1) is 0 Å². The van der Waals surface area contributed by atoms with Gasteiger partial charge in [-0.15, -0.1) is 11.6 Å². The van der Waals surface area contributed by atoms with Crippen LogP contribution in [0.5, 0.6) is 0 Å². The van der Waals surface area contributed by atoms with E-state index in [1.807, 2.05) is 6.92 Å². The van der Waals surface area contributed by atoms with Crippen molar-refractivity contribution in [1.82, 2.24) is 4.31 Å². The number of rotatable bonds is 3. The highest BCUT2D eigenvalue weighted by Gasteiger charge is 2.33. The summed E-state index contributed by atoms with van der Waals surface area (Å²) in [6.45, 7) is 2.39. The Balaban J connectivity index is 2.49. The van der Waals surface area contributed by atoms with Crippen molar-refractivity contribution in [2.45, 2.75) is 23.7 Å². The van der Waals surface area contributed by atoms with Gasteiger partial charge in [0.25, 0.3) is 0 Å². The van der Waals surface area contributed by atoms with Gasteiger partial charge < -0.3 is 0 Å². The van der Waals surface area contributed by atoms with E-state index in [4.69, 9.17) is 34.8 Å². The largest absolute Gasteiger partial charge is 0.244 e. The van der Waals surface area contributed by atoms with E-state index in [-0.39, 0.29) is 21.8 Å². The van der Waals surface area contributed by atoms with Crippen LogP contribution in [0.3, 0.4) is 0 Å². The second-order valence-corrected chi connectivity index (χ2v) is 8.57. The molecule has 1 heterocycles. The van der Waals surface area contributed by atoms with Crippen molar-refractivity contribution in [3.63, 3.8) is 0 Å². The molecule has 112 valence electrons. The van der Waals surface area contributed by atoms with E-state index in [0.717, 1.165) is 11.5 Å². The van der Waals surface area contributed by atoms with Crippen LogP contribution in [-0.4, -0.2) is 36.8 Å². The molecule has 3 nitrogen and oxygen atoms in total. The van der Waals surface area contributed by atoms with Crippen LogP contribution in [0.25, 0.3) is 0 Å². The zero-order valence-corrected chi connectivity index (χ0v) is 14.7. The lowest BCUT2D eigenvalue weighted by Crippen LogP contribution is -2.44. The molecule has 0 N–H and O–H groups in total. The van der Waals surface area contributed by atoms with Gasteiger partial charge in [-0.05, 0) is 19.1 Å². The summed E-state index contributed by atoms with van der Waals surface area (Å²) in [5.41, 5.74) is 0.454. The lowest BCUT2D eigenvalue weighted by molar-refractivity contribution is 0.367. The van der Waals surface area contributed by atoms with E-state index in [9.17, 15) is 8.42 Å². The lowest BCUT2D eigenvalue weighted by atomic mass is 10.2. The van der Waals surface area contributed by atoms with Crippen LogP contribution >= 0.6 is 46.6 Å². The number of alkyl halides is 1. The second kappa shape index (κ2) is 6.63. The molecule has 2 rings (SSSR count). The molecular formula is C12H14Cl3NO2S2. The van der Waals surface area contributed by atoms with Gasteiger partial charge in [-0.2, -0.15) is 16.1 Å². The molecule has 1 unspecified atom stereocenters. The van der Waals surface area contributed by atoms with Crippen molar-refractivity contribution in [1.29, 1.82) is 0 Å². The SMILES string of the molecule is CC1CSCCN1S(=O)(=O)c1ccc(Cl)c(CCl)c1Cl. The minimum Gasteiger partial charge on any atom is -0.207 e. The first kappa shape index (κ1) is 16.7. The zero-order valence-electron chi connectivity index (χ0n) is 10.8. The number of sulfonamides is 1. The maximum absolute atomic E-state index is 12.7. The normalized spacial score (nSPS) is 21.1. The third-order valence-corrected chi connectivity index (χ3v) is 7.59. The fourth-order valence-corrected chi connectivity index (χ4v) is 6.25. The standard InChI is InChI=1S/C12H14Cl3NO2S2/c1-8-7-19-5-4-16(8)20(17,18)11-3-2-10(14)9(6-13)12(11)15/h2-3,8H,4-7H2,1H3. The van der Waals surface area contributed by atoms with Crippen molar-refractivity contribution in [2.75, 3.05) is 18.1 Å². The third-order valence-electron chi connectivity index (χ3n) is 3.18. The van der Waals surface area contributed by atoms with Gasteiger partial charge in [0.15, 0.2) is 0 Å². The van der Waals surface area contributed by atoms with Crippen LogP contribution in [-0.2, 0) is 15.9 Å². The molecule has 1 atom stereocenters. The molecule has 0 aromatic heterocycles. The highest BCUT2D eigenvalue weighted by atomic mass is 35.5. The van der Waals surface area contributed by atoms with Crippen molar-refractivity contribution in [3.8, 4) is 0 Å². The lowest BCUT2D eigenvalue weighted by Gasteiger charge is -2.32. The molecule has 1 aromatic carbocycles. The number of hydrogen-bond donors (Lipinski definition) is 0. The molecule has 1 aliphatic heterocycles. The summed E-state index contributed by atoms with van der Waals surface area (Å²) in [6.07, 6.45) is 0. The van der Waals surface area contributed by atoms with Crippen LogP contribution < -0.4 is 0 Å². The smallest absolute Gasteiger partial charge is 0.207 e. The van der Waals surface area contributed by atoms with Crippen molar-refractivity contribution < 1.29 is 8.42 Å². The highest BCUT2D eigenvalue weighted by Crippen LogP contribution is 2.35. The Labute approximate surface area is 138 Å². The van der Waals surface area contributed by atoms with Crippen LogP contribution in [0.2, 0.25) is 10.0 Å². The van der Waals surface area contributed by atoms with Gasteiger partial charge in [-0.25, -0.2) is 8.42 Å². The molecular weight excluding hydrogens is 361 g/mol. The fraction of sp³-hybridized carbons (Fsp3) is 0.500. The Morgan fingerprint density at radius 3 is 2.70 bits per heavy atom. The first-order valence-electron chi connectivity index (χ1n) is 6.02. The number of thioether (sulfide) groups is 1. The summed E-state index contributed by atoms with van der Waals surface area (Å²) in [4.78, 5) is 0.0815. The first-order chi connectivity index (χ1) is 9.39. The van der Waals surface area contributed by atoms with E-state index in [0.29, 0.717) is 17.1 Å². The van der Waals surface area contributed by atoms with E-state index < -0.39 is 10.0 Å². The average Bonchev–Trinajstić information content (AvgIpc) is 2.39. The Hall–Kier alpha value is 0.350. The van der Waals surface area contributed by atoms with Crippen molar-refractivity contribution in [3.05, 3.63) is 27.7 Å². The van der Waals surface area contributed by atoms with Gasteiger partial charge in [0.2, 0.25) is 10.0 Å². The molecule has 1 fully saturated rings. The maximum atomic E-state index is 12.7. The molecule has 0 radical (unpaired) electrons. The molecule has 0 saturated carbocycles. The van der Waals surface area contributed by atoms with Crippen LogP contribution in [0.1, 0.15) is 12.5 Å². The van der Waals surface area contributed by atoms with Crippen molar-refractivity contribution in [2.24, 2.45) is 0 Å². The minimum absolute atomic E-state index is 0.0510. The molecule has 0 bridgehead atoms.